The van der Waals surface area contributed by atoms with Gasteiger partial charge in [0, 0.05) is 16.8 Å². The molecule has 72 valence electrons. The fourth-order valence-electron chi connectivity index (χ4n) is 1.37. The number of hydrogen-bond donors (Lipinski definition) is 1. The molecule has 0 unspecified atom stereocenters. The van der Waals surface area contributed by atoms with Crippen LogP contribution in [0.25, 0.3) is 5.69 Å². The van der Waals surface area contributed by atoms with Crippen molar-refractivity contribution in [3.8, 4) is 5.69 Å². The summed E-state index contributed by atoms with van der Waals surface area (Å²) >= 11 is 5.88. The van der Waals surface area contributed by atoms with E-state index in [2.05, 4.69) is 5.10 Å². The van der Waals surface area contributed by atoms with Crippen molar-refractivity contribution in [3.63, 3.8) is 0 Å². The Kier molecular flexibility index (Phi) is 2.17. The van der Waals surface area contributed by atoms with E-state index >= 15 is 0 Å². The maximum atomic E-state index is 5.88. The Hall–Kier alpha value is -1.48. The van der Waals surface area contributed by atoms with Gasteiger partial charge < -0.3 is 5.73 Å². The highest BCUT2D eigenvalue weighted by Crippen LogP contribution is 2.17. The van der Waals surface area contributed by atoms with Gasteiger partial charge in [-0.25, -0.2) is 4.68 Å². The average Bonchev–Trinajstić information content (AvgIpc) is 2.45. The highest BCUT2D eigenvalue weighted by Gasteiger charge is 2.03. The molecule has 0 fully saturated rings. The lowest BCUT2D eigenvalue weighted by Crippen LogP contribution is -1.99. The van der Waals surface area contributed by atoms with Gasteiger partial charge in [-0.3, -0.25) is 0 Å². The van der Waals surface area contributed by atoms with Crippen molar-refractivity contribution in [3.05, 3.63) is 41.0 Å². The molecular formula is C10H10ClN3. The summed E-state index contributed by atoms with van der Waals surface area (Å²) < 4.78 is 1.77. The van der Waals surface area contributed by atoms with E-state index in [1.54, 1.807) is 4.68 Å². The normalized spacial score (nSPS) is 10.4. The van der Waals surface area contributed by atoms with E-state index < -0.39 is 0 Å². The number of halogens is 1. The summed E-state index contributed by atoms with van der Waals surface area (Å²) in [5.74, 6) is 0.516. The van der Waals surface area contributed by atoms with Crippen molar-refractivity contribution < 1.29 is 0 Å². The number of hydrogen-bond acceptors (Lipinski definition) is 2. The van der Waals surface area contributed by atoms with E-state index in [9.17, 15) is 0 Å². The highest BCUT2D eigenvalue weighted by molar-refractivity contribution is 6.30. The minimum atomic E-state index is 0.516. The molecule has 3 nitrogen and oxygen atoms in total. The van der Waals surface area contributed by atoms with Crippen LogP contribution >= 0.6 is 11.6 Å². The number of aryl methyl sites for hydroxylation is 1. The standard InChI is InChI=1S/C10H10ClN3/c1-7-5-10(12)13-14(7)9-4-2-3-8(11)6-9/h2-6H,1H3,(H2,12,13). The number of nitrogens with zero attached hydrogens (tertiary/aromatic N) is 2. The fourth-order valence-corrected chi connectivity index (χ4v) is 1.55. The molecule has 0 aliphatic carbocycles. The van der Waals surface area contributed by atoms with Crippen molar-refractivity contribution in [2.24, 2.45) is 0 Å². The third-order valence-corrected chi connectivity index (χ3v) is 2.19. The summed E-state index contributed by atoms with van der Waals surface area (Å²) in [5.41, 5.74) is 7.50. The predicted octanol–water partition coefficient (Wildman–Crippen LogP) is 2.42. The van der Waals surface area contributed by atoms with Gasteiger partial charge in [0.1, 0.15) is 5.82 Å². The molecule has 0 saturated carbocycles. The Morgan fingerprint density at radius 3 is 2.71 bits per heavy atom. The maximum absolute atomic E-state index is 5.88. The van der Waals surface area contributed by atoms with Crippen LogP contribution in [-0.4, -0.2) is 9.78 Å². The second kappa shape index (κ2) is 3.35. The van der Waals surface area contributed by atoms with Crippen LogP contribution in [0.5, 0.6) is 0 Å². The number of rotatable bonds is 1. The van der Waals surface area contributed by atoms with Gasteiger partial charge in [0.05, 0.1) is 5.69 Å². The van der Waals surface area contributed by atoms with Gasteiger partial charge in [-0.05, 0) is 25.1 Å². The van der Waals surface area contributed by atoms with Crippen LogP contribution in [0.2, 0.25) is 5.02 Å². The summed E-state index contributed by atoms with van der Waals surface area (Å²) in [5, 5.41) is 4.85. The molecular weight excluding hydrogens is 198 g/mol. The van der Waals surface area contributed by atoms with Gasteiger partial charge in [0.25, 0.3) is 0 Å². The number of nitrogen functional groups attached to an aromatic ring is 1. The highest BCUT2D eigenvalue weighted by atomic mass is 35.5. The van der Waals surface area contributed by atoms with Gasteiger partial charge in [-0.15, -0.1) is 0 Å². The molecule has 0 amide bonds. The molecule has 0 aliphatic rings. The Morgan fingerprint density at radius 1 is 1.36 bits per heavy atom. The monoisotopic (exact) mass is 207 g/mol. The van der Waals surface area contributed by atoms with Gasteiger partial charge in [0.2, 0.25) is 0 Å². The minimum Gasteiger partial charge on any atom is -0.382 e. The molecule has 0 atom stereocenters. The van der Waals surface area contributed by atoms with Gasteiger partial charge in [-0.2, -0.15) is 5.10 Å². The Balaban J connectivity index is 2.54. The summed E-state index contributed by atoms with van der Waals surface area (Å²) in [4.78, 5) is 0. The lowest BCUT2D eigenvalue weighted by Gasteiger charge is -2.03. The quantitative estimate of drug-likeness (QED) is 0.781. The number of aromatic nitrogens is 2. The first-order valence-electron chi connectivity index (χ1n) is 4.25. The summed E-state index contributed by atoms with van der Waals surface area (Å²) in [6.45, 7) is 1.95. The van der Waals surface area contributed by atoms with Crippen LogP contribution in [0.15, 0.2) is 30.3 Å². The number of nitrogens with two attached hydrogens (primary N) is 1. The van der Waals surface area contributed by atoms with Crippen LogP contribution in [0, 0.1) is 6.92 Å². The van der Waals surface area contributed by atoms with Gasteiger partial charge in [-0.1, -0.05) is 17.7 Å². The molecule has 2 aromatic rings. The zero-order chi connectivity index (χ0) is 10.1. The first-order chi connectivity index (χ1) is 6.66. The fraction of sp³-hybridized carbons (Fsp3) is 0.100. The SMILES string of the molecule is Cc1cc(N)nn1-c1cccc(Cl)c1. The first-order valence-corrected chi connectivity index (χ1v) is 4.63. The molecule has 1 aromatic carbocycles. The van der Waals surface area contributed by atoms with Crippen molar-refractivity contribution in [2.45, 2.75) is 6.92 Å². The molecule has 0 spiro atoms. The van der Waals surface area contributed by atoms with E-state index in [0.717, 1.165) is 11.4 Å². The van der Waals surface area contributed by atoms with Crippen molar-refractivity contribution in [1.82, 2.24) is 9.78 Å². The Morgan fingerprint density at radius 2 is 2.14 bits per heavy atom. The predicted molar refractivity (Wildman–Crippen MR) is 57.7 cm³/mol. The molecule has 0 aliphatic heterocycles. The van der Waals surface area contributed by atoms with E-state index in [-0.39, 0.29) is 0 Å². The van der Waals surface area contributed by atoms with E-state index in [1.807, 2.05) is 37.3 Å². The average molecular weight is 208 g/mol. The minimum absolute atomic E-state index is 0.516. The van der Waals surface area contributed by atoms with Crippen LogP contribution in [-0.2, 0) is 0 Å². The van der Waals surface area contributed by atoms with Crippen LogP contribution in [0.1, 0.15) is 5.69 Å². The Bertz CT molecular complexity index is 462. The van der Waals surface area contributed by atoms with Crippen molar-refractivity contribution in [2.75, 3.05) is 5.73 Å². The molecule has 2 rings (SSSR count). The van der Waals surface area contributed by atoms with Crippen molar-refractivity contribution >= 4 is 17.4 Å². The smallest absolute Gasteiger partial charge is 0.146 e. The Labute approximate surface area is 87.1 Å². The number of anilines is 1. The summed E-state index contributed by atoms with van der Waals surface area (Å²) in [6, 6.07) is 9.31. The molecule has 0 bridgehead atoms. The van der Waals surface area contributed by atoms with Gasteiger partial charge >= 0.3 is 0 Å². The lowest BCUT2D eigenvalue weighted by atomic mass is 10.3. The van der Waals surface area contributed by atoms with E-state index in [4.69, 9.17) is 17.3 Å². The van der Waals surface area contributed by atoms with Crippen molar-refractivity contribution in [1.29, 1.82) is 0 Å². The second-order valence-corrected chi connectivity index (χ2v) is 3.54. The third kappa shape index (κ3) is 1.59. The van der Waals surface area contributed by atoms with Crippen LogP contribution < -0.4 is 5.73 Å². The molecule has 14 heavy (non-hydrogen) atoms. The topological polar surface area (TPSA) is 43.8 Å². The summed E-state index contributed by atoms with van der Waals surface area (Å²) in [7, 11) is 0. The third-order valence-electron chi connectivity index (χ3n) is 1.96. The van der Waals surface area contributed by atoms with Crippen LogP contribution in [0.3, 0.4) is 0 Å². The number of benzene rings is 1. The molecule has 0 saturated heterocycles. The largest absolute Gasteiger partial charge is 0.382 e. The zero-order valence-corrected chi connectivity index (χ0v) is 8.49. The first kappa shape index (κ1) is 9.09. The van der Waals surface area contributed by atoms with E-state index in [0.29, 0.717) is 10.8 Å². The summed E-state index contributed by atoms with van der Waals surface area (Å²) in [6.07, 6.45) is 0. The zero-order valence-electron chi connectivity index (χ0n) is 7.74. The maximum Gasteiger partial charge on any atom is 0.146 e. The lowest BCUT2D eigenvalue weighted by molar-refractivity contribution is 0.851. The van der Waals surface area contributed by atoms with Crippen LogP contribution in [0.4, 0.5) is 5.82 Å². The molecule has 4 heteroatoms. The molecule has 1 aromatic heterocycles. The molecule has 2 N–H and O–H groups in total. The molecule has 0 radical (unpaired) electrons. The molecule has 1 heterocycles. The van der Waals surface area contributed by atoms with E-state index in [1.165, 1.54) is 0 Å². The second-order valence-electron chi connectivity index (χ2n) is 3.10. The van der Waals surface area contributed by atoms with Gasteiger partial charge in [0.15, 0.2) is 0 Å².